The minimum absolute atomic E-state index is 0.0281. The number of hydrogen-bond acceptors (Lipinski definition) is 4. The number of fused-ring (bicyclic) bond motifs is 8. The highest BCUT2D eigenvalue weighted by Crippen LogP contribution is 2.38. The van der Waals surface area contributed by atoms with Gasteiger partial charge in [-0.2, -0.15) is 0 Å². The van der Waals surface area contributed by atoms with E-state index in [1.807, 2.05) is 45.9 Å². The topological polar surface area (TPSA) is 132 Å². The van der Waals surface area contributed by atoms with Crippen LogP contribution in [0.15, 0.2) is 33.2 Å². The molecule has 3 aromatic heterocycles. The number of aromatic nitrogens is 4. The number of halogens is 2. The van der Waals surface area contributed by atoms with Crippen LogP contribution in [0.1, 0.15) is 73.4 Å². The van der Waals surface area contributed by atoms with E-state index in [2.05, 4.69) is 47.9 Å². The summed E-state index contributed by atoms with van der Waals surface area (Å²) in [4.78, 5) is 39.8. The van der Waals surface area contributed by atoms with E-state index < -0.39 is 11.9 Å². The van der Waals surface area contributed by atoms with E-state index in [0.717, 1.165) is 75.8 Å². The van der Waals surface area contributed by atoms with Crippen LogP contribution in [0.2, 0.25) is 0 Å². The van der Waals surface area contributed by atoms with Gasteiger partial charge in [0.1, 0.15) is 0 Å². The van der Waals surface area contributed by atoms with Crippen molar-refractivity contribution in [1.29, 1.82) is 0 Å². The van der Waals surface area contributed by atoms with Gasteiger partial charge in [-0.25, -0.2) is 9.97 Å². The van der Waals surface area contributed by atoms with E-state index in [1.54, 1.807) is 0 Å². The molecule has 0 aliphatic carbocycles. The average molecular weight is 668 g/mol. The van der Waals surface area contributed by atoms with Crippen molar-refractivity contribution in [1.82, 2.24) is 19.9 Å². The van der Waals surface area contributed by atoms with Crippen molar-refractivity contribution in [2.24, 2.45) is 0 Å². The summed E-state index contributed by atoms with van der Waals surface area (Å²) in [6.07, 6.45) is 0.581. The molecular formula is C30H28Br2N4O4. The minimum Gasteiger partial charge on any atom is -0.481 e. The Bertz CT molecular complexity index is 1700. The third-order valence-electron chi connectivity index (χ3n) is 7.55. The van der Waals surface area contributed by atoms with E-state index in [0.29, 0.717) is 24.2 Å². The Morgan fingerprint density at radius 2 is 1.05 bits per heavy atom. The summed E-state index contributed by atoms with van der Waals surface area (Å²) in [6.45, 7) is 7.97. The Kier molecular flexibility index (Phi) is 7.58. The number of carboxylic acid groups (broad SMARTS) is 2. The quantitative estimate of drug-likeness (QED) is 0.210. The molecule has 4 N–H and O–H groups in total. The molecule has 0 amide bonds. The van der Waals surface area contributed by atoms with Gasteiger partial charge in [0, 0.05) is 32.8 Å². The normalized spacial score (nSPS) is 13.3. The largest absolute Gasteiger partial charge is 0.481 e. The predicted molar refractivity (Wildman–Crippen MR) is 165 cm³/mol. The number of aromatic amines is 2. The minimum atomic E-state index is -0.883. The number of nitrogens with zero attached hydrogens (tertiary/aromatic N) is 2. The van der Waals surface area contributed by atoms with Crippen molar-refractivity contribution in [3.05, 3.63) is 67.1 Å². The number of carbonyl (C=O) groups is 2. The molecule has 0 radical (unpaired) electrons. The third kappa shape index (κ3) is 5.17. The standard InChI is InChI=1S/C30H28Br2N4O4/c1-13-17(5-7-27(37)38)23-12-24-18(6-8-28(39)40)14(2)20(34-24)10-25-30(32)16(4)22(36-25)11-26-29(31)15(3)21(35-26)9-19(13)33-23/h9-12,35-36H,5-8H2,1-4H3,(H,37,38)(H,39,40). The van der Waals surface area contributed by atoms with E-state index in [4.69, 9.17) is 9.97 Å². The molecule has 5 heterocycles. The average Bonchev–Trinajstić information content (AvgIpc) is 3.53. The summed E-state index contributed by atoms with van der Waals surface area (Å²) in [5.41, 5.74) is 11.9. The molecule has 0 saturated heterocycles. The maximum absolute atomic E-state index is 11.5. The number of carboxylic acids is 2. The molecule has 10 heteroatoms. The Labute approximate surface area is 247 Å². The van der Waals surface area contributed by atoms with Gasteiger partial charge >= 0.3 is 11.9 Å². The second kappa shape index (κ2) is 10.8. The molecule has 3 aromatic rings. The Hall–Kier alpha value is -3.50. The van der Waals surface area contributed by atoms with Gasteiger partial charge in [-0.3, -0.25) is 9.59 Å². The van der Waals surface area contributed by atoms with Crippen LogP contribution in [0.5, 0.6) is 0 Å². The predicted octanol–water partition coefficient (Wildman–Crippen LogP) is 8.05. The Morgan fingerprint density at radius 1 is 0.650 bits per heavy atom. The Balaban J connectivity index is 1.90. The summed E-state index contributed by atoms with van der Waals surface area (Å²) in [5.74, 6) is -1.77. The van der Waals surface area contributed by atoms with Crippen LogP contribution in [-0.2, 0) is 9.59 Å². The van der Waals surface area contributed by atoms with Crippen molar-refractivity contribution in [3.8, 4) is 0 Å². The van der Waals surface area contributed by atoms with Crippen LogP contribution in [0, 0.1) is 13.8 Å². The SMILES string of the molecule is CC1=C(CCC(=O)O)c2cc3nc(cc4[nH]c(cc5[nH]c(cc1n2)c(C)c5Br)c(C)c4Br)C(C)=C3CCC(=O)O. The molecule has 8 nitrogen and oxygen atoms in total. The van der Waals surface area contributed by atoms with Gasteiger partial charge in [-0.1, -0.05) is 0 Å². The first kappa shape index (κ1) is 28.0. The van der Waals surface area contributed by atoms with E-state index in [9.17, 15) is 19.8 Å². The molecule has 0 unspecified atom stereocenters. The number of H-pyrrole nitrogens is 2. The number of aliphatic carboxylic acids is 2. The maximum Gasteiger partial charge on any atom is 0.303 e. The number of aryl methyl sites for hydroxylation is 2. The molecule has 5 rings (SSSR count). The van der Waals surface area contributed by atoms with Crippen LogP contribution in [0.3, 0.4) is 0 Å². The van der Waals surface area contributed by atoms with Gasteiger partial charge in [0.2, 0.25) is 0 Å². The van der Waals surface area contributed by atoms with Gasteiger partial charge in [0.25, 0.3) is 0 Å². The lowest BCUT2D eigenvalue weighted by atomic mass is 9.98. The van der Waals surface area contributed by atoms with Crippen molar-refractivity contribution in [3.63, 3.8) is 0 Å². The van der Waals surface area contributed by atoms with E-state index in [-0.39, 0.29) is 12.8 Å². The van der Waals surface area contributed by atoms with Gasteiger partial charge in [0.05, 0.1) is 33.8 Å². The molecule has 2 aliphatic rings. The first-order valence-electron chi connectivity index (χ1n) is 12.9. The molecule has 0 fully saturated rings. The molecule has 2 aliphatic heterocycles. The summed E-state index contributed by atoms with van der Waals surface area (Å²) in [6, 6.07) is 7.87. The van der Waals surface area contributed by atoms with Gasteiger partial charge in [-0.05, 0) is 130 Å². The number of hydrogen-bond donors (Lipinski definition) is 4. The summed E-state index contributed by atoms with van der Waals surface area (Å²) >= 11 is 7.48. The fourth-order valence-corrected chi connectivity index (χ4v) is 5.99. The molecule has 0 aromatic carbocycles. The second-order valence-electron chi connectivity index (χ2n) is 10.1. The van der Waals surface area contributed by atoms with Gasteiger partial charge in [-0.15, -0.1) is 0 Å². The number of nitrogens with one attached hydrogen (secondary N) is 2. The van der Waals surface area contributed by atoms with Crippen LogP contribution >= 0.6 is 31.9 Å². The maximum atomic E-state index is 11.5. The lowest BCUT2D eigenvalue weighted by Crippen LogP contribution is -1.97. The van der Waals surface area contributed by atoms with Crippen molar-refractivity contribution >= 4 is 88.2 Å². The molecular weight excluding hydrogens is 640 g/mol. The number of allylic oxidation sites excluding steroid dienone is 4. The lowest BCUT2D eigenvalue weighted by Gasteiger charge is -2.05. The first-order valence-corrected chi connectivity index (χ1v) is 14.4. The zero-order valence-corrected chi connectivity index (χ0v) is 25.7. The van der Waals surface area contributed by atoms with Crippen LogP contribution in [-0.4, -0.2) is 42.1 Å². The lowest BCUT2D eigenvalue weighted by molar-refractivity contribution is -0.137. The van der Waals surface area contributed by atoms with Gasteiger partial charge < -0.3 is 20.2 Å². The van der Waals surface area contributed by atoms with Crippen LogP contribution < -0.4 is 0 Å². The highest BCUT2D eigenvalue weighted by molar-refractivity contribution is 9.11. The molecule has 206 valence electrons. The third-order valence-corrected chi connectivity index (χ3v) is 9.60. The van der Waals surface area contributed by atoms with Crippen molar-refractivity contribution < 1.29 is 19.8 Å². The van der Waals surface area contributed by atoms with Crippen molar-refractivity contribution in [2.45, 2.75) is 53.4 Å². The highest BCUT2D eigenvalue weighted by Gasteiger charge is 2.22. The first-order chi connectivity index (χ1) is 18.9. The van der Waals surface area contributed by atoms with Crippen molar-refractivity contribution in [2.75, 3.05) is 0 Å². The van der Waals surface area contributed by atoms with Crippen LogP contribution in [0.25, 0.3) is 44.4 Å². The highest BCUT2D eigenvalue weighted by atomic mass is 79.9. The molecule has 40 heavy (non-hydrogen) atoms. The molecule has 0 spiro atoms. The summed E-state index contributed by atoms with van der Waals surface area (Å²) in [7, 11) is 0. The molecule has 0 saturated carbocycles. The molecule has 8 bridgehead atoms. The Morgan fingerprint density at radius 3 is 1.50 bits per heavy atom. The smallest absolute Gasteiger partial charge is 0.303 e. The van der Waals surface area contributed by atoms with Crippen LogP contribution in [0.4, 0.5) is 0 Å². The van der Waals surface area contributed by atoms with E-state index >= 15 is 0 Å². The number of rotatable bonds is 6. The fraction of sp³-hybridized carbons (Fsp3) is 0.267. The van der Waals surface area contributed by atoms with E-state index in [1.165, 1.54) is 0 Å². The zero-order valence-electron chi connectivity index (χ0n) is 22.5. The fourth-order valence-electron chi connectivity index (χ4n) is 5.13. The zero-order chi connectivity index (χ0) is 28.9. The monoisotopic (exact) mass is 666 g/mol. The summed E-state index contributed by atoms with van der Waals surface area (Å²) < 4.78 is 1.87. The summed E-state index contributed by atoms with van der Waals surface area (Å²) in [5, 5.41) is 18.8. The second-order valence-corrected chi connectivity index (χ2v) is 11.7. The van der Waals surface area contributed by atoms with Gasteiger partial charge in [0.15, 0.2) is 0 Å². The molecule has 0 atom stereocenters.